The van der Waals surface area contributed by atoms with Crippen molar-refractivity contribution in [1.29, 1.82) is 0 Å². The van der Waals surface area contributed by atoms with Crippen LogP contribution in [-0.4, -0.2) is 24.1 Å². The van der Waals surface area contributed by atoms with Crippen molar-refractivity contribution in [3.8, 4) is 10.6 Å². The van der Waals surface area contributed by atoms with Gasteiger partial charge in [-0.3, -0.25) is 10.1 Å². The molecule has 0 amide bonds. The van der Waals surface area contributed by atoms with Gasteiger partial charge in [0, 0.05) is 17.5 Å². The molecular weight excluding hydrogens is 284 g/mol. The van der Waals surface area contributed by atoms with E-state index in [0.29, 0.717) is 6.54 Å². The Labute approximate surface area is 129 Å². The van der Waals surface area contributed by atoms with Gasteiger partial charge in [0.1, 0.15) is 11.0 Å². The van der Waals surface area contributed by atoms with Crippen LogP contribution in [0.5, 0.6) is 0 Å². The lowest BCUT2D eigenvalue weighted by Crippen LogP contribution is -2.41. The van der Waals surface area contributed by atoms with Crippen LogP contribution in [0.25, 0.3) is 10.6 Å². The van der Waals surface area contributed by atoms with Gasteiger partial charge in [-0.2, -0.15) is 0 Å². The third kappa shape index (κ3) is 4.12. The number of esters is 1. The number of nitrogens with zero attached hydrogens (tertiary/aromatic N) is 1. The Bertz CT molecular complexity index is 581. The van der Waals surface area contributed by atoms with Gasteiger partial charge >= 0.3 is 5.97 Å². The van der Waals surface area contributed by atoms with Crippen LogP contribution in [0, 0.1) is 5.92 Å². The highest BCUT2D eigenvalue weighted by Crippen LogP contribution is 2.23. The van der Waals surface area contributed by atoms with Crippen molar-refractivity contribution in [2.24, 2.45) is 5.92 Å². The molecule has 0 fully saturated rings. The molecule has 0 aliphatic rings. The Morgan fingerprint density at radius 2 is 2.05 bits per heavy atom. The molecule has 4 nitrogen and oxygen atoms in total. The SMILES string of the molecule is COC(=O)C(NCc1csc(-c2ccccc2)n1)C(C)C. The van der Waals surface area contributed by atoms with Gasteiger partial charge in [-0.25, -0.2) is 4.98 Å². The topological polar surface area (TPSA) is 51.2 Å². The molecule has 1 unspecified atom stereocenters. The van der Waals surface area contributed by atoms with Crippen molar-refractivity contribution in [2.45, 2.75) is 26.4 Å². The van der Waals surface area contributed by atoms with E-state index in [1.807, 2.05) is 49.6 Å². The summed E-state index contributed by atoms with van der Waals surface area (Å²) in [5.74, 6) is -0.0619. The zero-order valence-electron chi connectivity index (χ0n) is 12.5. The zero-order valence-corrected chi connectivity index (χ0v) is 13.3. The van der Waals surface area contributed by atoms with Gasteiger partial charge in [0.05, 0.1) is 12.8 Å². The summed E-state index contributed by atoms with van der Waals surface area (Å²) in [5, 5.41) is 6.23. The summed E-state index contributed by atoms with van der Waals surface area (Å²) >= 11 is 1.61. The van der Waals surface area contributed by atoms with Gasteiger partial charge in [-0.05, 0) is 5.92 Å². The summed E-state index contributed by atoms with van der Waals surface area (Å²) in [4.78, 5) is 16.3. The van der Waals surface area contributed by atoms with Crippen LogP contribution >= 0.6 is 11.3 Å². The van der Waals surface area contributed by atoms with Crippen molar-refractivity contribution in [2.75, 3.05) is 7.11 Å². The monoisotopic (exact) mass is 304 g/mol. The molecule has 2 rings (SSSR count). The minimum absolute atomic E-state index is 0.171. The first-order valence-corrected chi connectivity index (χ1v) is 7.81. The summed E-state index contributed by atoms with van der Waals surface area (Å²) in [6, 6.07) is 9.77. The lowest BCUT2D eigenvalue weighted by molar-refractivity contribution is -0.144. The number of aromatic nitrogens is 1. The van der Waals surface area contributed by atoms with Gasteiger partial charge < -0.3 is 4.74 Å². The fraction of sp³-hybridized carbons (Fsp3) is 0.375. The van der Waals surface area contributed by atoms with E-state index in [2.05, 4.69) is 10.3 Å². The van der Waals surface area contributed by atoms with Gasteiger partial charge in [0.15, 0.2) is 0 Å². The molecule has 21 heavy (non-hydrogen) atoms. The third-order valence-electron chi connectivity index (χ3n) is 3.20. The second kappa shape index (κ2) is 7.33. The molecule has 112 valence electrons. The van der Waals surface area contributed by atoms with Crippen LogP contribution in [0.1, 0.15) is 19.5 Å². The molecular formula is C16H20N2O2S. The quantitative estimate of drug-likeness (QED) is 0.833. The maximum absolute atomic E-state index is 11.7. The first kappa shape index (κ1) is 15.7. The van der Waals surface area contributed by atoms with E-state index in [9.17, 15) is 4.79 Å². The van der Waals surface area contributed by atoms with E-state index < -0.39 is 0 Å². The summed E-state index contributed by atoms with van der Waals surface area (Å²) in [5.41, 5.74) is 2.05. The van der Waals surface area contributed by atoms with Gasteiger partial charge in [-0.15, -0.1) is 11.3 Å². The molecule has 1 atom stereocenters. The minimum Gasteiger partial charge on any atom is -0.468 e. The van der Waals surface area contributed by atoms with Gasteiger partial charge in [0.2, 0.25) is 0 Å². The molecule has 1 aromatic heterocycles. The average molecular weight is 304 g/mol. The Morgan fingerprint density at radius 1 is 1.33 bits per heavy atom. The molecule has 0 radical (unpaired) electrons. The number of ether oxygens (including phenoxy) is 1. The lowest BCUT2D eigenvalue weighted by atomic mass is 10.0. The molecule has 1 heterocycles. The van der Waals surface area contributed by atoms with Crippen LogP contribution in [0.3, 0.4) is 0 Å². The maximum Gasteiger partial charge on any atom is 0.323 e. The first-order valence-electron chi connectivity index (χ1n) is 6.93. The minimum atomic E-state index is -0.308. The number of carbonyl (C=O) groups is 1. The summed E-state index contributed by atoms with van der Waals surface area (Å²) in [6.07, 6.45) is 0. The van der Waals surface area contributed by atoms with Crippen LogP contribution < -0.4 is 5.32 Å². The first-order chi connectivity index (χ1) is 10.1. The second-order valence-corrected chi connectivity index (χ2v) is 5.99. The fourth-order valence-electron chi connectivity index (χ4n) is 2.03. The largest absolute Gasteiger partial charge is 0.468 e. The molecule has 1 N–H and O–H groups in total. The Kier molecular flexibility index (Phi) is 5.47. The predicted molar refractivity (Wildman–Crippen MR) is 85.0 cm³/mol. The molecule has 0 bridgehead atoms. The number of hydrogen-bond donors (Lipinski definition) is 1. The zero-order chi connectivity index (χ0) is 15.2. The van der Waals surface area contributed by atoms with E-state index in [1.165, 1.54) is 7.11 Å². The Balaban J connectivity index is 2.01. The van der Waals surface area contributed by atoms with Crippen molar-refractivity contribution < 1.29 is 9.53 Å². The maximum atomic E-state index is 11.7. The highest BCUT2D eigenvalue weighted by molar-refractivity contribution is 7.13. The molecule has 0 spiro atoms. The number of carbonyl (C=O) groups excluding carboxylic acids is 1. The molecule has 1 aromatic carbocycles. The lowest BCUT2D eigenvalue weighted by Gasteiger charge is -2.19. The average Bonchev–Trinajstić information content (AvgIpc) is 2.96. The highest BCUT2D eigenvalue weighted by atomic mass is 32.1. The van der Waals surface area contributed by atoms with Crippen LogP contribution in [0.15, 0.2) is 35.7 Å². The third-order valence-corrected chi connectivity index (χ3v) is 4.14. The predicted octanol–water partition coefficient (Wildman–Crippen LogP) is 3.10. The van der Waals surface area contributed by atoms with E-state index in [-0.39, 0.29) is 17.9 Å². The van der Waals surface area contributed by atoms with Crippen molar-refractivity contribution in [3.63, 3.8) is 0 Å². The molecule has 0 saturated heterocycles. The summed E-state index contributed by atoms with van der Waals surface area (Å²) in [7, 11) is 1.41. The second-order valence-electron chi connectivity index (χ2n) is 5.14. The normalized spacial score (nSPS) is 12.4. The van der Waals surface area contributed by atoms with Crippen LogP contribution in [-0.2, 0) is 16.1 Å². The standard InChI is InChI=1S/C16H20N2O2S/c1-11(2)14(16(19)20-3)17-9-13-10-21-15(18-13)12-7-5-4-6-8-12/h4-8,10-11,14,17H,9H2,1-3H3. The molecule has 2 aromatic rings. The van der Waals surface area contributed by atoms with Gasteiger partial charge in [-0.1, -0.05) is 44.2 Å². The fourth-order valence-corrected chi connectivity index (χ4v) is 2.86. The molecule has 0 saturated carbocycles. The number of nitrogens with one attached hydrogen (secondary N) is 1. The molecule has 5 heteroatoms. The van der Waals surface area contributed by atoms with E-state index in [4.69, 9.17) is 4.74 Å². The number of thiazole rings is 1. The van der Waals surface area contributed by atoms with Crippen molar-refractivity contribution in [1.82, 2.24) is 10.3 Å². The smallest absolute Gasteiger partial charge is 0.323 e. The van der Waals surface area contributed by atoms with E-state index >= 15 is 0 Å². The number of benzene rings is 1. The highest BCUT2D eigenvalue weighted by Gasteiger charge is 2.22. The van der Waals surface area contributed by atoms with E-state index in [0.717, 1.165) is 16.3 Å². The Morgan fingerprint density at radius 3 is 2.67 bits per heavy atom. The summed E-state index contributed by atoms with van der Waals surface area (Å²) < 4.78 is 4.82. The van der Waals surface area contributed by atoms with Crippen LogP contribution in [0.2, 0.25) is 0 Å². The van der Waals surface area contributed by atoms with E-state index in [1.54, 1.807) is 11.3 Å². The molecule has 0 aliphatic carbocycles. The number of rotatable bonds is 6. The van der Waals surface area contributed by atoms with Crippen LogP contribution in [0.4, 0.5) is 0 Å². The van der Waals surface area contributed by atoms with Gasteiger partial charge in [0.25, 0.3) is 0 Å². The van der Waals surface area contributed by atoms with Crippen molar-refractivity contribution >= 4 is 17.3 Å². The summed E-state index contributed by atoms with van der Waals surface area (Å²) in [6.45, 7) is 4.54. The molecule has 0 aliphatic heterocycles. The Hall–Kier alpha value is -1.72. The number of methoxy groups -OCH3 is 1. The van der Waals surface area contributed by atoms with Crippen molar-refractivity contribution in [3.05, 3.63) is 41.4 Å². The number of hydrogen-bond acceptors (Lipinski definition) is 5.